The van der Waals surface area contributed by atoms with Crippen LogP contribution in [0, 0.1) is 23.8 Å². The number of benzene rings is 1. The van der Waals surface area contributed by atoms with Crippen LogP contribution in [-0.4, -0.2) is 17.0 Å². The van der Waals surface area contributed by atoms with E-state index in [9.17, 15) is 0 Å². The Labute approximate surface area is 187 Å². The number of hydrogen-bond donors (Lipinski definition) is 2. The van der Waals surface area contributed by atoms with E-state index in [1.807, 2.05) is 24.4 Å². The number of hydrogen-bond acceptors (Lipinski definition) is 3. The molecule has 0 aliphatic heterocycles. The Morgan fingerprint density at radius 2 is 1.65 bits per heavy atom. The minimum atomic E-state index is 0.100. The van der Waals surface area contributed by atoms with Crippen molar-refractivity contribution in [3.8, 4) is 18.5 Å². The van der Waals surface area contributed by atoms with E-state index in [1.54, 1.807) is 12.4 Å². The lowest BCUT2D eigenvalue weighted by molar-refractivity contribution is 0.527. The predicted octanol–water partition coefficient (Wildman–Crippen LogP) is 5.68. The number of nitriles is 1. The second kappa shape index (κ2) is 15.5. The maximum absolute atomic E-state index is 9.16. The molecule has 162 valence electrons. The number of nitrogens with one attached hydrogen (secondary N) is 2. The third-order valence-electron chi connectivity index (χ3n) is 5.10. The molecule has 0 saturated heterocycles. The molecule has 2 N–H and O–H groups in total. The second-order valence-corrected chi connectivity index (χ2v) is 7.64. The molecule has 1 heterocycles. The highest BCUT2D eigenvalue weighted by Gasteiger charge is 2.11. The number of guanidine groups is 1. The highest BCUT2D eigenvalue weighted by molar-refractivity contribution is 5.94. The first-order chi connectivity index (χ1) is 15.3. The first kappa shape index (κ1) is 24.0. The molecule has 0 saturated carbocycles. The number of anilines is 1. The molecule has 0 radical (unpaired) electrons. The van der Waals surface area contributed by atoms with Crippen molar-refractivity contribution in [3.05, 3.63) is 60.4 Å². The monoisotopic (exact) mass is 415 g/mol. The van der Waals surface area contributed by atoms with Gasteiger partial charge < -0.3 is 5.32 Å². The van der Waals surface area contributed by atoms with Gasteiger partial charge in [0.05, 0.1) is 6.04 Å². The number of unbranched alkanes of at least 4 members (excludes halogenated alkanes) is 7. The van der Waals surface area contributed by atoms with E-state index in [1.165, 1.54) is 37.7 Å². The molecule has 1 aromatic carbocycles. The molecule has 0 aliphatic carbocycles. The summed E-state index contributed by atoms with van der Waals surface area (Å²) in [4.78, 5) is 8.88. The first-order valence-electron chi connectivity index (χ1n) is 11.2. The van der Waals surface area contributed by atoms with Gasteiger partial charge in [-0.15, -0.1) is 12.3 Å². The summed E-state index contributed by atoms with van der Waals surface area (Å²) in [6.07, 6.45) is 21.9. The number of pyridine rings is 1. The lowest BCUT2D eigenvalue weighted by Gasteiger charge is -2.16. The molecule has 0 bridgehead atoms. The summed E-state index contributed by atoms with van der Waals surface area (Å²) >= 11 is 0. The van der Waals surface area contributed by atoms with Crippen molar-refractivity contribution in [1.82, 2.24) is 10.3 Å². The Kier molecular flexibility index (Phi) is 12.0. The zero-order chi connectivity index (χ0) is 22.0. The number of nitrogens with zero attached hydrogens (tertiary/aromatic N) is 3. The van der Waals surface area contributed by atoms with Crippen LogP contribution in [-0.2, 0) is 6.42 Å². The lowest BCUT2D eigenvalue weighted by atomic mass is 10.00. The van der Waals surface area contributed by atoms with Crippen LogP contribution in [0.1, 0.15) is 63.4 Å². The highest BCUT2D eigenvalue weighted by atomic mass is 15.2. The summed E-state index contributed by atoms with van der Waals surface area (Å²) < 4.78 is 0. The van der Waals surface area contributed by atoms with Crippen molar-refractivity contribution < 1.29 is 0 Å². The topological polar surface area (TPSA) is 73.1 Å². The summed E-state index contributed by atoms with van der Waals surface area (Å²) in [5.74, 6) is 3.18. The minimum Gasteiger partial charge on any atom is -0.325 e. The fraction of sp³-hybridized carbons (Fsp3) is 0.423. The molecule has 0 fully saturated rings. The van der Waals surface area contributed by atoms with Gasteiger partial charge in [0.15, 0.2) is 6.19 Å². The van der Waals surface area contributed by atoms with Crippen LogP contribution in [0.5, 0.6) is 0 Å². The van der Waals surface area contributed by atoms with E-state index >= 15 is 0 Å². The van der Waals surface area contributed by atoms with Crippen molar-refractivity contribution >= 4 is 11.6 Å². The van der Waals surface area contributed by atoms with Crippen LogP contribution in [0.15, 0.2) is 59.9 Å². The third-order valence-corrected chi connectivity index (χ3v) is 5.10. The molecule has 2 rings (SSSR count). The Morgan fingerprint density at radius 3 is 2.32 bits per heavy atom. The Morgan fingerprint density at radius 1 is 0.968 bits per heavy atom. The van der Waals surface area contributed by atoms with Gasteiger partial charge in [0.25, 0.3) is 0 Å². The van der Waals surface area contributed by atoms with Crippen molar-refractivity contribution in [1.29, 1.82) is 5.26 Å². The van der Waals surface area contributed by atoms with Gasteiger partial charge in [-0.05, 0) is 37.0 Å². The van der Waals surface area contributed by atoms with E-state index < -0.39 is 0 Å². The molecular weight excluding hydrogens is 382 g/mol. The maximum Gasteiger partial charge on any atom is 0.209 e. The van der Waals surface area contributed by atoms with E-state index in [-0.39, 0.29) is 6.04 Å². The summed E-state index contributed by atoms with van der Waals surface area (Å²) in [5, 5.41) is 15.0. The van der Waals surface area contributed by atoms with Gasteiger partial charge in [0.1, 0.15) is 0 Å². The first-order valence-corrected chi connectivity index (χ1v) is 11.2. The van der Waals surface area contributed by atoms with Crippen molar-refractivity contribution in [2.45, 2.75) is 70.3 Å². The van der Waals surface area contributed by atoms with Crippen LogP contribution < -0.4 is 10.6 Å². The maximum atomic E-state index is 9.16. The van der Waals surface area contributed by atoms with E-state index in [0.29, 0.717) is 5.96 Å². The highest BCUT2D eigenvalue weighted by Crippen LogP contribution is 2.16. The summed E-state index contributed by atoms with van der Waals surface area (Å²) in [6.45, 7) is 0. The minimum absolute atomic E-state index is 0.100. The van der Waals surface area contributed by atoms with Gasteiger partial charge in [0, 0.05) is 24.5 Å². The Hall–Kier alpha value is -3.31. The van der Waals surface area contributed by atoms with Gasteiger partial charge in [-0.2, -0.15) is 5.26 Å². The normalized spacial score (nSPS) is 11.9. The molecular formula is C26H33N5. The van der Waals surface area contributed by atoms with Gasteiger partial charge in [-0.3, -0.25) is 10.3 Å². The average molecular weight is 416 g/mol. The molecule has 0 amide bonds. The fourth-order valence-corrected chi connectivity index (χ4v) is 3.49. The zero-order valence-electron chi connectivity index (χ0n) is 18.3. The van der Waals surface area contributed by atoms with Crippen LogP contribution in [0.2, 0.25) is 0 Å². The van der Waals surface area contributed by atoms with E-state index in [4.69, 9.17) is 16.7 Å². The SMILES string of the molecule is C#CCCCCCCCCCC(Cc1ccccc1)N=C(NC#N)Nc1ccncc1. The second-order valence-electron chi connectivity index (χ2n) is 7.64. The Balaban J connectivity index is 1.91. The van der Waals surface area contributed by atoms with Gasteiger partial charge in [-0.25, -0.2) is 4.99 Å². The molecule has 5 heteroatoms. The standard InChI is InChI=1S/C26H33N5/c1-2-3-4-5-6-7-8-9-13-16-25(21-23-14-11-10-12-15-23)31-26(29-22-27)30-24-17-19-28-20-18-24/h1,10-12,14-15,17-20,25H,3-9,13,16,21H2,(H2,28,29,30,31). The van der Waals surface area contributed by atoms with Crippen LogP contribution >= 0.6 is 0 Å². The molecule has 0 spiro atoms. The zero-order valence-corrected chi connectivity index (χ0v) is 18.3. The van der Waals surface area contributed by atoms with Crippen molar-refractivity contribution in [2.24, 2.45) is 4.99 Å². The summed E-state index contributed by atoms with van der Waals surface area (Å²) in [7, 11) is 0. The van der Waals surface area contributed by atoms with Gasteiger partial charge >= 0.3 is 0 Å². The molecule has 0 aliphatic rings. The van der Waals surface area contributed by atoms with Gasteiger partial charge in [0.2, 0.25) is 5.96 Å². The quantitative estimate of drug-likeness (QED) is 0.110. The Bertz CT molecular complexity index is 834. The largest absolute Gasteiger partial charge is 0.325 e. The van der Waals surface area contributed by atoms with Crippen molar-refractivity contribution in [3.63, 3.8) is 0 Å². The number of aromatic nitrogens is 1. The van der Waals surface area contributed by atoms with E-state index in [2.05, 4.69) is 45.8 Å². The van der Waals surface area contributed by atoms with Crippen molar-refractivity contribution in [2.75, 3.05) is 5.32 Å². The number of aliphatic imine (C=N–C) groups is 1. The van der Waals surface area contributed by atoms with Crippen LogP contribution in [0.25, 0.3) is 0 Å². The fourth-order valence-electron chi connectivity index (χ4n) is 3.49. The summed E-state index contributed by atoms with van der Waals surface area (Å²) in [5.41, 5.74) is 2.10. The predicted molar refractivity (Wildman–Crippen MR) is 128 cm³/mol. The molecule has 1 atom stereocenters. The number of terminal acetylenes is 1. The molecule has 2 aromatic rings. The molecule has 5 nitrogen and oxygen atoms in total. The van der Waals surface area contributed by atoms with Crippen LogP contribution in [0.4, 0.5) is 5.69 Å². The molecule has 31 heavy (non-hydrogen) atoms. The lowest BCUT2D eigenvalue weighted by Crippen LogP contribution is -2.29. The summed E-state index contributed by atoms with van der Waals surface area (Å²) in [6, 6.07) is 14.2. The smallest absolute Gasteiger partial charge is 0.209 e. The van der Waals surface area contributed by atoms with Crippen LogP contribution in [0.3, 0.4) is 0 Å². The number of rotatable bonds is 13. The molecule has 1 unspecified atom stereocenters. The third kappa shape index (κ3) is 10.9. The van der Waals surface area contributed by atoms with E-state index in [0.717, 1.165) is 37.8 Å². The van der Waals surface area contributed by atoms with Gasteiger partial charge in [-0.1, -0.05) is 68.9 Å². The average Bonchev–Trinajstić information content (AvgIpc) is 2.79. The molecule has 1 aromatic heterocycles.